The van der Waals surface area contributed by atoms with Crippen molar-refractivity contribution >= 4 is 11.8 Å². The standard InChI is InChI=1S/C17H26N2O3.ClH/c1-2-13-21-16-8-6-15(7-9-16)18-17(20)22-14-12-19-10-4-3-5-11-19;/h6-9H,2-5,10-14H2,1H3,(H,18,20);1H. The molecular weight excluding hydrogens is 316 g/mol. The second-order valence-corrected chi connectivity index (χ2v) is 5.69. The fourth-order valence-corrected chi connectivity index (χ4v) is 2.60. The molecule has 1 amide bonds. The molecule has 6 heteroatoms. The molecule has 1 saturated heterocycles. The SMILES string of the molecule is CCCOc1ccc(NC(=O)OCC[NH+]2CCCCC2)cc1.[Cl-]. The highest BCUT2D eigenvalue weighted by molar-refractivity contribution is 5.84. The van der Waals surface area contributed by atoms with E-state index >= 15 is 0 Å². The second kappa shape index (κ2) is 11.1. The predicted octanol–water partition coefficient (Wildman–Crippen LogP) is -0.903. The molecule has 5 nitrogen and oxygen atoms in total. The van der Waals surface area contributed by atoms with E-state index in [1.54, 1.807) is 0 Å². The van der Waals surface area contributed by atoms with E-state index in [2.05, 4.69) is 12.2 Å². The van der Waals surface area contributed by atoms with Crippen molar-refractivity contribution in [3.05, 3.63) is 24.3 Å². The predicted molar refractivity (Wildman–Crippen MR) is 86.6 cm³/mol. The van der Waals surface area contributed by atoms with Crippen LogP contribution in [-0.2, 0) is 4.74 Å². The molecule has 0 unspecified atom stereocenters. The van der Waals surface area contributed by atoms with Gasteiger partial charge in [-0.2, -0.15) is 0 Å². The molecule has 0 aromatic heterocycles. The van der Waals surface area contributed by atoms with Crippen LogP contribution in [0.3, 0.4) is 0 Å². The van der Waals surface area contributed by atoms with E-state index in [4.69, 9.17) is 9.47 Å². The van der Waals surface area contributed by atoms with E-state index in [9.17, 15) is 4.79 Å². The third-order valence-corrected chi connectivity index (χ3v) is 3.82. The molecule has 0 spiro atoms. The molecule has 0 bridgehead atoms. The Morgan fingerprint density at radius 2 is 1.83 bits per heavy atom. The quantitative estimate of drug-likeness (QED) is 0.675. The zero-order valence-electron chi connectivity index (χ0n) is 13.8. The number of benzene rings is 1. The molecule has 130 valence electrons. The van der Waals surface area contributed by atoms with Gasteiger partial charge in [-0.3, -0.25) is 5.32 Å². The summed E-state index contributed by atoms with van der Waals surface area (Å²) in [6, 6.07) is 7.34. The van der Waals surface area contributed by atoms with Crippen molar-refractivity contribution in [1.82, 2.24) is 0 Å². The van der Waals surface area contributed by atoms with Crippen LogP contribution in [0.4, 0.5) is 10.5 Å². The molecule has 1 heterocycles. The van der Waals surface area contributed by atoms with Crippen molar-refractivity contribution in [2.24, 2.45) is 0 Å². The van der Waals surface area contributed by atoms with Crippen LogP contribution in [-0.4, -0.2) is 38.9 Å². The number of hydrogen-bond donors (Lipinski definition) is 2. The molecule has 2 rings (SSSR count). The van der Waals surface area contributed by atoms with Gasteiger partial charge in [-0.25, -0.2) is 4.79 Å². The van der Waals surface area contributed by atoms with E-state index in [0.717, 1.165) is 24.4 Å². The van der Waals surface area contributed by atoms with Gasteiger partial charge in [0.05, 0.1) is 19.7 Å². The lowest BCUT2D eigenvalue weighted by molar-refractivity contribution is -0.905. The summed E-state index contributed by atoms with van der Waals surface area (Å²) in [5.41, 5.74) is 0.721. The summed E-state index contributed by atoms with van der Waals surface area (Å²) < 4.78 is 10.7. The van der Waals surface area contributed by atoms with Crippen molar-refractivity contribution in [1.29, 1.82) is 0 Å². The first-order chi connectivity index (χ1) is 10.8. The topological polar surface area (TPSA) is 52.0 Å². The Balaban J connectivity index is 0.00000264. The molecule has 1 fully saturated rings. The van der Waals surface area contributed by atoms with E-state index in [0.29, 0.717) is 13.2 Å². The van der Waals surface area contributed by atoms with Gasteiger partial charge in [-0.05, 0) is 49.9 Å². The number of amides is 1. The summed E-state index contributed by atoms with van der Waals surface area (Å²) >= 11 is 0. The molecular formula is C17H27ClN2O3. The number of hydrogen-bond acceptors (Lipinski definition) is 3. The minimum Gasteiger partial charge on any atom is -1.00 e. The maximum Gasteiger partial charge on any atom is 0.411 e. The van der Waals surface area contributed by atoms with Gasteiger partial charge < -0.3 is 26.8 Å². The normalized spacial score (nSPS) is 14.7. The highest BCUT2D eigenvalue weighted by atomic mass is 35.5. The molecule has 1 aromatic rings. The Hall–Kier alpha value is -1.46. The maximum atomic E-state index is 11.7. The first-order valence-electron chi connectivity index (χ1n) is 8.28. The third kappa shape index (κ3) is 7.57. The van der Waals surface area contributed by atoms with Crippen molar-refractivity contribution in [3.63, 3.8) is 0 Å². The Bertz CT molecular complexity index is 448. The number of likely N-dealkylation sites (tertiary alicyclic amines) is 1. The second-order valence-electron chi connectivity index (χ2n) is 5.69. The Morgan fingerprint density at radius 3 is 2.48 bits per heavy atom. The van der Waals surface area contributed by atoms with Crippen LogP contribution in [0, 0.1) is 0 Å². The molecule has 0 saturated carbocycles. The highest BCUT2D eigenvalue weighted by Crippen LogP contribution is 2.15. The Morgan fingerprint density at radius 1 is 1.13 bits per heavy atom. The van der Waals surface area contributed by atoms with Gasteiger partial charge in [0.25, 0.3) is 0 Å². The summed E-state index contributed by atoms with van der Waals surface area (Å²) in [5, 5.41) is 2.74. The Kier molecular flexibility index (Phi) is 9.48. The zero-order chi connectivity index (χ0) is 15.6. The summed E-state index contributed by atoms with van der Waals surface area (Å²) in [4.78, 5) is 13.3. The fourth-order valence-electron chi connectivity index (χ4n) is 2.60. The van der Waals surface area contributed by atoms with E-state index < -0.39 is 6.09 Å². The van der Waals surface area contributed by atoms with Crippen molar-refractivity contribution < 1.29 is 31.6 Å². The molecule has 1 aliphatic rings. The van der Waals surface area contributed by atoms with Crippen LogP contribution in [0.1, 0.15) is 32.6 Å². The minimum atomic E-state index is -0.390. The van der Waals surface area contributed by atoms with Gasteiger partial charge in [0.15, 0.2) is 0 Å². The largest absolute Gasteiger partial charge is 1.00 e. The number of anilines is 1. The number of quaternary nitrogens is 1. The van der Waals surface area contributed by atoms with Gasteiger partial charge in [-0.1, -0.05) is 6.92 Å². The summed E-state index contributed by atoms with van der Waals surface area (Å²) in [6.07, 6.45) is 4.49. The summed E-state index contributed by atoms with van der Waals surface area (Å²) in [7, 11) is 0. The zero-order valence-corrected chi connectivity index (χ0v) is 14.5. The molecule has 0 aliphatic carbocycles. The maximum absolute atomic E-state index is 11.7. The monoisotopic (exact) mass is 342 g/mol. The van der Waals surface area contributed by atoms with Crippen LogP contribution >= 0.6 is 0 Å². The van der Waals surface area contributed by atoms with Crippen molar-refractivity contribution in [2.45, 2.75) is 32.6 Å². The molecule has 1 aliphatic heterocycles. The van der Waals surface area contributed by atoms with E-state index in [1.165, 1.54) is 37.3 Å². The van der Waals surface area contributed by atoms with Crippen molar-refractivity contribution in [2.75, 3.05) is 38.2 Å². The average molecular weight is 343 g/mol. The number of halogens is 1. The molecule has 0 radical (unpaired) electrons. The van der Waals surface area contributed by atoms with E-state index in [-0.39, 0.29) is 12.4 Å². The number of ether oxygens (including phenoxy) is 2. The van der Waals surface area contributed by atoms with Crippen LogP contribution < -0.4 is 27.4 Å². The van der Waals surface area contributed by atoms with Gasteiger partial charge >= 0.3 is 6.09 Å². The first-order valence-corrected chi connectivity index (χ1v) is 8.28. The number of carbonyl (C=O) groups is 1. The van der Waals surface area contributed by atoms with Crippen LogP contribution in [0.25, 0.3) is 0 Å². The number of rotatable bonds is 7. The van der Waals surface area contributed by atoms with Gasteiger partial charge in [-0.15, -0.1) is 0 Å². The summed E-state index contributed by atoms with van der Waals surface area (Å²) in [5.74, 6) is 0.814. The smallest absolute Gasteiger partial charge is 0.411 e. The molecule has 2 N–H and O–H groups in total. The minimum absolute atomic E-state index is 0. The number of piperidine rings is 1. The Labute approximate surface area is 144 Å². The molecule has 23 heavy (non-hydrogen) atoms. The van der Waals surface area contributed by atoms with Crippen LogP contribution in [0.2, 0.25) is 0 Å². The average Bonchev–Trinajstić information content (AvgIpc) is 2.55. The van der Waals surface area contributed by atoms with Gasteiger partial charge in [0, 0.05) is 5.69 Å². The van der Waals surface area contributed by atoms with Crippen LogP contribution in [0.5, 0.6) is 5.75 Å². The van der Waals surface area contributed by atoms with E-state index in [1.807, 2.05) is 24.3 Å². The fraction of sp³-hybridized carbons (Fsp3) is 0.588. The van der Waals surface area contributed by atoms with Crippen molar-refractivity contribution in [3.8, 4) is 5.75 Å². The van der Waals surface area contributed by atoms with Crippen LogP contribution in [0.15, 0.2) is 24.3 Å². The first kappa shape index (κ1) is 19.6. The summed E-state index contributed by atoms with van der Waals surface area (Å²) in [6.45, 7) is 6.54. The van der Waals surface area contributed by atoms with Gasteiger partial charge in [0.2, 0.25) is 0 Å². The lowest BCUT2D eigenvalue weighted by Gasteiger charge is -2.23. The highest BCUT2D eigenvalue weighted by Gasteiger charge is 2.13. The number of carbonyl (C=O) groups excluding carboxylic acids is 1. The molecule has 1 aromatic carbocycles. The molecule has 0 atom stereocenters. The third-order valence-electron chi connectivity index (χ3n) is 3.82. The lowest BCUT2D eigenvalue weighted by atomic mass is 10.1. The number of nitrogens with one attached hydrogen (secondary N) is 2. The van der Waals surface area contributed by atoms with Gasteiger partial charge in [0.1, 0.15) is 18.9 Å². The lowest BCUT2D eigenvalue weighted by Crippen LogP contribution is -3.13.